The molecule has 3 heterocycles. The number of aliphatic hydroxyl groups excluding tert-OH is 1. The Kier molecular flexibility index (Phi) is 10.1. The number of anilines is 2. The highest BCUT2D eigenvalue weighted by molar-refractivity contribution is 8.02. The molecule has 0 saturated carbocycles. The molecule has 0 radical (unpaired) electrons. The molecule has 1 aromatic rings. The number of aliphatic hydroxyl groups is 1. The summed E-state index contributed by atoms with van der Waals surface area (Å²) in [5, 5.41) is 10.5. The van der Waals surface area contributed by atoms with Gasteiger partial charge in [-0.3, -0.25) is 14.4 Å². The Morgan fingerprint density at radius 3 is 2.36 bits per heavy atom. The van der Waals surface area contributed by atoms with E-state index in [1.54, 1.807) is 27.6 Å². The molecule has 1 N–H and O–H groups in total. The van der Waals surface area contributed by atoms with Gasteiger partial charge in [-0.2, -0.15) is 0 Å². The Balaban J connectivity index is 1.82. The fraction of sp³-hybridized carbons (Fsp3) is 0.606. The SMILES string of the molecule is C=CCOC(=O)[C@@H]1[C@@H]2CC(C)C3(S2)C(C(=O)N(CC=C)c2ccc(N(CC)CC)cc2)N([C@@H](CO)[C@@H](C)CC)C(=O)[C@H]13. The molecule has 1 spiro atoms. The summed E-state index contributed by atoms with van der Waals surface area (Å²) in [6.07, 6.45) is 4.66. The van der Waals surface area contributed by atoms with Gasteiger partial charge in [0.05, 0.1) is 29.2 Å². The van der Waals surface area contributed by atoms with Crippen LogP contribution in [-0.2, 0) is 19.1 Å². The molecule has 3 aliphatic rings. The van der Waals surface area contributed by atoms with E-state index < -0.39 is 34.6 Å². The molecule has 1 aromatic carbocycles. The number of likely N-dealkylation sites (tertiary alicyclic amines) is 1. The second-order valence-electron chi connectivity index (χ2n) is 11.8. The number of benzene rings is 1. The fourth-order valence-corrected chi connectivity index (χ4v) is 9.84. The summed E-state index contributed by atoms with van der Waals surface area (Å²) in [6, 6.07) is 6.53. The van der Waals surface area contributed by atoms with Gasteiger partial charge in [0, 0.05) is 36.3 Å². The van der Waals surface area contributed by atoms with Crippen molar-refractivity contribution in [2.24, 2.45) is 23.7 Å². The van der Waals surface area contributed by atoms with E-state index in [-0.39, 0.29) is 48.7 Å². The Morgan fingerprint density at radius 2 is 1.81 bits per heavy atom. The average Bonchev–Trinajstić information content (AvgIpc) is 3.59. The van der Waals surface area contributed by atoms with Gasteiger partial charge < -0.3 is 24.5 Å². The second kappa shape index (κ2) is 13.2. The molecule has 0 aromatic heterocycles. The minimum atomic E-state index is -0.842. The lowest BCUT2D eigenvalue weighted by Gasteiger charge is -2.43. The van der Waals surface area contributed by atoms with Crippen molar-refractivity contribution in [1.82, 2.24) is 4.90 Å². The second-order valence-corrected chi connectivity index (χ2v) is 13.3. The average molecular weight is 598 g/mol. The summed E-state index contributed by atoms with van der Waals surface area (Å²) >= 11 is 1.61. The zero-order valence-corrected chi connectivity index (χ0v) is 26.5. The lowest BCUT2D eigenvalue weighted by atomic mass is 9.66. The fourth-order valence-electron chi connectivity index (χ4n) is 7.45. The number of hydrogen-bond acceptors (Lipinski definition) is 7. The van der Waals surface area contributed by atoms with E-state index in [2.05, 4.69) is 38.8 Å². The number of fused-ring (bicyclic) bond motifs is 1. The van der Waals surface area contributed by atoms with Crippen molar-refractivity contribution < 1.29 is 24.2 Å². The Labute approximate surface area is 255 Å². The van der Waals surface area contributed by atoms with Gasteiger partial charge in [-0.15, -0.1) is 18.3 Å². The van der Waals surface area contributed by atoms with Crippen LogP contribution in [0.1, 0.15) is 47.5 Å². The van der Waals surface area contributed by atoms with Gasteiger partial charge in [0.2, 0.25) is 5.91 Å². The molecule has 3 aliphatic heterocycles. The van der Waals surface area contributed by atoms with Gasteiger partial charge in [-0.25, -0.2) is 0 Å². The molecule has 9 heteroatoms. The van der Waals surface area contributed by atoms with Crippen LogP contribution >= 0.6 is 11.8 Å². The van der Waals surface area contributed by atoms with Crippen LogP contribution in [0.4, 0.5) is 11.4 Å². The third-order valence-electron chi connectivity index (χ3n) is 9.75. The van der Waals surface area contributed by atoms with Gasteiger partial charge in [-0.1, -0.05) is 45.9 Å². The predicted molar refractivity (Wildman–Crippen MR) is 170 cm³/mol. The van der Waals surface area contributed by atoms with Crippen LogP contribution in [0.25, 0.3) is 0 Å². The van der Waals surface area contributed by atoms with Crippen LogP contribution in [0.2, 0.25) is 0 Å². The van der Waals surface area contributed by atoms with E-state index in [1.807, 2.05) is 38.1 Å². The Morgan fingerprint density at radius 1 is 1.17 bits per heavy atom. The molecule has 8 atom stereocenters. The molecule has 3 saturated heterocycles. The molecule has 3 fully saturated rings. The van der Waals surface area contributed by atoms with Crippen molar-refractivity contribution in [2.75, 3.05) is 42.6 Å². The first-order valence-electron chi connectivity index (χ1n) is 15.3. The molecule has 3 unspecified atom stereocenters. The molecular formula is C33H47N3O5S. The van der Waals surface area contributed by atoms with E-state index in [9.17, 15) is 19.5 Å². The first-order chi connectivity index (χ1) is 20.2. The van der Waals surface area contributed by atoms with Crippen LogP contribution in [-0.4, -0.2) is 82.7 Å². The van der Waals surface area contributed by atoms with Crippen molar-refractivity contribution in [3.63, 3.8) is 0 Å². The third-order valence-corrected chi connectivity index (χ3v) is 11.8. The molecule has 2 amide bonds. The minimum absolute atomic E-state index is 0.00996. The smallest absolute Gasteiger partial charge is 0.311 e. The molecule has 0 aliphatic carbocycles. The molecule has 8 nitrogen and oxygen atoms in total. The zero-order valence-electron chi connectivity index (χ0n) is 25.7. The molecular weight excluding hydrogens is 550 g/mol. The largest absolute Gasteiger partial charge is 0.461 e. The summed E-state index contributed by atoms with van der Waals surface area (Å²) in [4.78, 5) is 48.4. The van der Waals surface area contributed by atoms with Crippen molar-refractivity contribution >= 4 is 40.9 Å². The lowest BCUT2D eigenvalue weighted by molar-refractivity contribution is -0.154. The van der Waals surface area contributed by atoms with E-state index in [4.69, 9.17) is 4.74 Å². The van der Waals surface area contributed by atoms with Crippen LogP contribution in [0.15, 0.2) is 49.6 Å². The van der Waals surface area contributed by atoms with Crippen molar-refractivity contribution in [2.45, 2.75) is 69.5 Å². The van der Waals surface area contributed by atoms with Crippen molar-refractivity contribution in [3.05, 3.63) is 49.6 Å². The number of nitrogens with zero attached hydrogens (tertiary/aromatic N) is 3. The monoisotopic (exact) mass is 597 g/mol. The Bertz CT molecular complexity index is 1170. The highest BCUT2D eigenvalue weighted by Gasteiger charge is 2.77. The van der Waals surface area contributed by atoms with Crippen LogP contribution in [0.3, 0.4) is 0 Å². The summed E-state index contributed by atoms with van der Waals surface area (Å²) in [5.74, 6) is -2.22. The molecule has 42 heavy (non-hydrogen) atoms. The number of carbonyl (C=O) groups is 3. The number of ether oxygens (including phenoxy) is 1. The van der Waals surface area contributed by atoms with Gasteiger partial charge >= 0.3 is 5.97 Å². The van der Waals surface area contributed by atoms with Crippen molar-refractivity contribution in [1.29, 1.82) is 0 Å². The standard InChI is InChI=1S/C33H47N3O5S/c1-8-17-35(24-15-13-23(14-16-24)34(11-4)12-5)31(39)29-33-22(7)19-26(42-33)27(32(40)41-18-9-2)28(33)30(38)36(29)25(20-37)21(6)10-3/h8-9,13-16,21-22,25-29,37H,1-2,10-12,17-20H2,3-7H3/t21-,22?,25-,26-,27+,28-,29?,33?/m0/s1. The van der Waals surface area contributed by atoms with E-state index >= 15 is 0 Å². The van der Waals surface area contributed by atoms with E-state index in [0.717, 1.165) is 30.9 Å². The predicted octanol–water partition coefficient (Wildman–Crippen LogP) is 4.53. The number of amides is 2. The molecule has 230 valence electrons. The lowest BCUT2D eigenvalue weighted by Crippen LogP contribution is -2.60. The quantitative estimate of drug-likeness (QED) is 0.249. The van der Waals surface area contributed by atoms with Gasteiger partial charge in [-0.05, 0) is 56.4 Å². The third kappa shape index (κ3) is 5.17. The maximum absolute atomic E-state index is 14.9. The summed E-state index contributed by atoms with van der Waals surface area (Å²) < 4.78 is 4.70. The summed E-state index contributed by atoms with van der Waals surface area (Å²) in [6.45, 7) is 19.7. The molecule has 4 rings (SSSR count). The summed E-state index contributed by atoms with van der Waals surface area (Å²) in [7, 11) is 0. The van der Waals surface area contributed by atoms with Crippen LogP contribution in [0.5, 0.6) is 0 Å². The normalized spacial score (nSPS) is 29.1. The summed E-state index contributed by atoms with van der Waals surface area (Å²) in [5.41, 5.74) is 1.79. The number of esters is 1. The topological polar surface area (TPSA) is 90.4 Å². The number of hydrogen-bond donors (Lipinski definition) is 1. The van der Waals surface area contributed by atoms with Crippen molar-refractivity contribution in [3.8, 4) is 0 Å². The number of carbonyl (C=O) groups excluding carboxylic acids is 3. The van der Waals surface area contributed by atoms with E-state index in [1.165, 1.54) is 6.08 Å². The van der Waals surface area contributed by atoms with Gasteiger partial charge in [0.25, 0.3) is 5.91 Å². The highest BCUT2D eigenvalue weighted by Crippen LogP contribution is 2.69. The van der Waals surface area contributed by atoms with Gasteiger partial charge in [0.15, 0.2) is 0 Å². The number of rotatable bonds is 14. The van der Waals surface area contributed by atoms with Gasteiger partial charge in [0.1, 0.15) is 12.6 Å². The minimum Gasteiger partial charge on any atom is -0.461 e. The van der Waals surface area contributed by atoms with E-state index in [0.29, 0.717) is 6.42 Å². The Hall–Kier alpha value is -2.78. The number of thioether (sulfide) groups is 1. The zero-order chi connectivity index (χ0) is 30.8. The molecule has 2 bridgehead atoms. The van der Waals surface area contributed by atoms with Crippen LogP contribution < -0.4 is 9.80 Å². The first-order valence-corrected chi connectivity index (χ1v) is 16.2. The van der Waals surface area contributed by atoms with Crippen LogP contribution in [0, 0.1) is 23.7 Å². The first kappa shape index (κ1) is 32.1. The maximum atomic E-state index is 14.9. The highest BCUT2D eigenvalue weighted by atomic mass is 32.2. The maximum Gasteiger partial charge on any atom is 0.311 e.